The van der Waals surface area contributed by atoms with Crippen molar-refractivity contribution in [3.63, 3.8) is 0 Å². The first kappa shape index (κ1) is 130. The quantitative estimate of drug-likeness (QED) is 0.0268. The van der Waals surface area contributed by atoms with Crippen LogP contribution < -0.4 is 21.3 Å². The fraction of sp³-hybridized carbons (Fsp3) is 0.944. The summed E-state index contributed by atoms with van der Waals surface area (Å²) in [6, 6.07) is 0.636. The van der Waals surface area contributed by atoms with E-state index in [1.807, 2.05) is 90.0 Å². The predicted molar refractivity (Wildman–Crippen MR) is 466 cm³/mol. The number of allylic oxidation sites excluding steroid dienone is 1. The van der Waals surface area contributed by atoms with Gasteiger partial charge in [-0.05, 0) is 203 Å². The highest BCUT2D eigenvalue weighted by Crippen LogP contribution is 2.50. The van der Waals surface area contributed by atoms with Crippen molar-refractivity contribution in [2.45, 2.75) is 403 Å². The Balaban J connectivity index is -0.0000000792. The van der Waals surface area contributed by atoms with E-state index in [0.29, 0.717) is 88.8 Å². The van der Waals surface area contributed by atoms with Crippen LogP contribution in [0.5, 0.6) is 0 Å². The van der Waals surface area contributed by atoms with Gasteiger partial charge in [0.2, 0.25) is 5.91 Å². The Morgan fingerprint density at radius 1 is 0.427 bits per heavy atom. The number of rotatable bonds is 36. The van der Waals surface area contributed by atoms with Gasteiger partial charge in [-0.3, -0.25) is 19.7 Å². The van der Waals surface area contributed by atoms with Crippen LogP contribution in [0.25, 0.3) is 0 Å². The molecule has 1 fully saturated rings. The van der Waals surface area contributed by atoms with Gasteiger partial charge in [-0.2, -0.15) is 0 Å². The lowest BCUT2D eigenvalue weighted by atomic mass is 9.95. The normalized spacial score (nSPS) is 12.2. The number of carbonyl (C=O) groups is 3. The van der Waals surface area contributed by atoms with Crippen molar-refractivity contribution in [3.05, 3.63) is 12.3 Å². The molecule has 636 valence electrons. The van der Waals surface area contributed by atoms with Crippen molar-refractivity contribution in [1.82, 2.24) is 21.3 Å². The van der Waals surface area contributed by atoms with Gasteiger partial charge in [0.15, 0.2) is 5.78 Å². The fourth-order valence-corrected chi connectivity index (χ4v) is 6.80. The van der Waals surface area contributed by atoms with Gasteiger partial charge in [0, 0.05) is 49.5 Å². The molecule has 0 atom stereocenters. The molecule has 13 nitrogen and oxygen atoms in total. The molecule has 0 radical (unpaired) electrons. The molecule has 0 aromatic carbocycles. The molecular formula is C90H202N4O9. The average molecular weight is 1480 g/mol. The Labute approximate surface area is 652 Å². The number of hydrogen-bond donors (Lipinski definition) is 4. The topological polar surface area (TPSA) is 155 Å². The first-order valence-corrected chi connectivity index (χ1v) is 39.6. The van der Waals surface area contributed by atoms with E-state index in [-0.39, 0.29) is 71.4 Å². The maximum absolute atomic E-state index is 11.3. The van der Waals surface area contributed by atoms with E-state index >= 15 is 0 Å². The van der Waals surface area contributed by atoms with Gasteiger partial charge < -0.3 is 44.4 Å². The largest absolute Gasteiger partial charge is 0.499 e. The van der Waals surface area contributed by atoms with Gasteiger partial charge in [0.05, 0.1) is 56.7 Å². The van der Waals surface area contributed by atoms with Gasteiger partial charge in [-0.15, -0.1) is 0 Å². The Morgan fingerprint density at radius 2 is 0.845 bits per heavy atom. The molecule has 1 aliphatic carbocycles. The maximum Gasteiger partial charge on any atom is 0.225 e. The lowest BCUT2D eigenvalue weighted by molar-refractivity contribution is -0.129. The molecule has 4 N–H and O–H groups in total. The Hall–Kier alpha value is -1.97. The van der Waals surface area contributed by atoms with Crippen LogP contribution in [0.3, 0.4) is 0 Å². The monoisotopic (exact) mass is 1480 g/mol. The summed E-state index contributed by atoms with van der Waals surface area (Å²) < 4.78 is 32.0. The molecule has 0 aromatic heterocycles. The minimum absolute atomic E-state index is 0. The second-order valence-corrected chi connectivity index (χ2v) is 37.0. The highest BCUT2D eigenvalue weighted by Gasteiger charge is 2.43. The SMILES string of the molecule is C.C.C.C.CC(C)C/C=C/OC(C)C.CC(C)CC1(COC(C)C)CC1.CC(C)CCC(=O)C(C)C.CC(C)CNC(=O)C(C)(C)C.CC(C)CNC(C)C.CC(C)CNCC(C)(C)C.CC(C)CNCOC(C)C.CC(C)COC(C)C.CC(C)COCC(C)(C)C.CC(C)OCC(=O)C(C)C. The minimum atomic E-state index is -0.255. The van der Waals surface area contributed by atoms with Crippen LogP contribution in [0.15, 0.2) is 12.3 Å². The Morgan fingerprint density at radius 3 is 1.13 bits per heavy atom. The Kier molecular flexibility index (Phi) is 101. The molecule has 1 saturated carbocycles. The van der Waals surface area contributed by atoms with Gasteiger partial charge >= 0.3 is 0 Å². The van der Waals surface area contributed by atoms with Crippen molar-refractivity contribution in [1.29, 1.82) is 0 Å². The molecule has 1 amide bonds. The van der Waals surface area contributed by atoms with Crippen LogP contribution in [0, 0.1) is 86.8 Å². The summed E-state index contributed by atoms with van der Waals surface area (Å²) in [5.74, 6) is 7.32. The number of ether oxygens (including phenoxy) is 6. The highest BCUT2D eigenvalue weighted by molar-refractivity contribution is 5.81. The van der Waals surface area contributed by atoms with Crippen LogP contribution in [0.4, 0.5) is 0 Å². The third-order valence-corrected chi connectivity index (χ3v) is 12.7. The van der Waals surface area contributed by atoms with Crippen LogP contribution in [-0.2, 0) is 42.8 Å². The smallest absolute Gasteiger partial charge is 0.225 e. The zero-order valence-corrected chi connectivity index (χ0v) is 75.2. The molecule has 1 rings (SSSR count). The molecule has 0 unspecified atom stereocenters. The maximum atomic E-state index is 11.3. The van der Waals surface area contributed by atoms with Crippen molar-refractivity contribution in [2.75, 3.05) is 72.5 Å². The van der Waals surface area contributed by atoms with Crippen LogP contribution in [0.2, 0.25) is 0 Å². The molecule has 1 aliphatic rings. The second-order valence-electron chi connectivity index (χ2n) is 37.0. The van der Waals surface area contributed by atoms with Crippen LogP contribution in [0.1, 0.15) is 366 Å². The van der Waals surface area contributed by atoms with Crippen molar-refractivity contribution >= 4 is 17.5 Å². The van der Waals surface area contributed by atoms with Gasteiger partial charge in [-0.25, -0.2) is 0 Å². The molecule has 0 saturated heterocycles. The average Bonchev–Trinajstić information content (AvgIpc) is 1.67. The van der Waals surface area contributed by atoms with E-state index in [9.17, 15) is 14.4 Å². The molecule has 0 aliphatic heterocycles. The number of Topliss-reactive ketones (excluding diaryl/α,β-unsaturated/α-hetero) is 2. The van der Waals surface area contributed by atoms with E-state index in [4.69, 9.17) is 28.4 Å². The van der Waals surface area contributed by atoms with Gasteiger partial charge in [0.1, 0.15) is 12.4 Å². The van der Waals surface area contributed by atoms with Crippen molar-refractivity contribution in [3.8, 4) is 0 Å². The van der Waals surface area contributed by atoms with Crippen LogP contribution >= 0.6 is 0 Å². The standard InChI is InChI=1S/C11H22O.C9H19NO.C9H21N.C9H20O.2C9H18O.C8H19NO.C8H16O2.C7H17N.C7H16O.4CH4/c1-9(2)7-11(5-6-11)8-12-10(3)4;1-7(2)6-10-8(11)9(3,4)5;2*1-8(2)6-10-7-9(3,4)5;1-8(2)6-5-7-10-9(3)4;1-7(2)5-6-9(10)8(3)4;1-7(2)5-9-6-10-8(3)4;1-6(2)8(9)5-10-7(3)4;2*1-6(2)5-8-7(3)4;;;;/h9-10H,5-8H2,1-4H3;7H,6H2,1-5H3,(H,10,11);8,10H,6-7H2,1-5H3;8H,6-7H2,1-5H3;5,7-9H,6H2,1-4H3;7-8H,5-6H2,1-4H3;7-9H,5-6H2,1-4H3;6-7H,5H2,1-4H3;6-8H,5H2,1-4H3;6-7H,5H2,1-4H3;4*1H4/b;;;;7-5+;;;;;;;;;. The second kappa shape index (κ2) is 79.6. The molecule has 0 heterocycles. The number of carbonyl (C=O) groups excluding carboxylic acids is 3. The van der Waals surface area contributed by atoms with Crippen molar-refractivity contribution < 1.29 is 42.8 Å². The summed E-state index contributed by atoms with van der Waals surface area (Å²) in [6.45, 7) is 101. The zero-order valence-electron chi connectivity index (χ0n) is 75.2. The number of ketones is 2. The van der Waals surface area contributed by atoms with E-state index in [2.05, 4.69) is 235 Å². The van der Waals surface area contributed by atoms with Crippen LogP contribution in [-0.4, -0.2) is 127 Å². The summed E-state index contributed by atoms with van der Waals surface area (Å²) in [6.07, 6.45) is 12.5. The summed E-state index contributed by atoms with van der Waals surface area (Å²) in [4.78, 5) is 33.2. The lowest BCUT2D eigenvalue weighted by Crippen LogP contribution is -2.36. The molecule has 103 heavy (non-hydrogen) atoms. The number of nitrogens with one attached hydrogen (secondary N) is 4. The summed E-state index contributed by atoms with van der Waals surface area (Å²) in [5.41, 5.74) is 1.07. The summed E-state index contributed by atoms with van der Waals surface area (Å²) >= 11 is 0. The van der Waals surface area contributed by atoms with E-state index in [1.165, 1.54) is 19.3 Å². The van der Waals surface area contributed by atoms with E-state index in [1.54, 1.807) is 6.26 Å². The third-order valence-electron chi connectivity index (χ3n) is 12.7. The summed E-state index contributed by atoms with van der Waals surface area (Å²) in [7, 11) is 0. The number of amides is 1. The highest BCUT2D eigenvalue weighted by atomic mass is 16.5. The minimum Gasteiger partial charge on any atom is -0.499 e. The number of hydrogen-bond acceptors (Lipinski definition) is 12. The molecule has 0 aromatic rings. The van der Waals surface area contributed by atoms with Gasteiger partial charge in [-0.1, -0.05) is 258 Å². The summed E-state index contributed by atoms with van der Waals surface area (Å²) in [5, 5.41) is 12.8. The first-order valence-electron chi connectivity index (χ1n) is 39.6. The molecule has 0 spiro atoms. The predicted octanol–water partition coefficient (Wildman–Crippen LogP) is 25.1. The molecule has 0 bridgehead atoms. The molecule has 13 heteroatoms. The zero-order chi connectivity index (χ0) is 80.1. The Bertz CT molecular complexity index is 1620. The fourth-order valence-electron chi connectivity index (χ4n) is 6.80. The first-order chi connectivity index (χ1) is 44.8. The van der Waals surface area contributed by atoms with Gasteiger partial charge in [0.25, 0.3) is 0 Å². The van der Waals surface area contributed by atoms with E-state index in [0.717, 1.165) is 102 Å². The molecular weight excluding hydrogens is 1280 g/mol. The lowest BCUT2D eigenvalue weighted by Gasteiger charge is -2.19. The van der Waals surface area contributed by atoms with Crippen molar-refractivity contribution in [2.24, 2.45) is 86.8 Å². The van der Waals surface area contributed by atoms with E-state index < -0.39 is 0 Å². The third kappa shape index (κ3) is 146.